The van der Waals surface area contributed by atoms with E-state index in [0.717, 1.165) is 11.3 Å². The molecular formula is C16H26IN3O3S. The molecule has 1 aromatic rings. The third kappa shape index (κ3) is 6.84. The summed E-state index contributed by atoms with van der Waals surface area (Å²) in [5.41, 5.74) is 1.16. The number of hydrogen-bond acceptors (Lipinski definition) is 4. The van der Waals surface area contributed by atoms with Gasteiger partial charge in [-0.2, -0.15) is 0 Å². The van der Waals surface area contributed by atoms with Crippen molar-refractivity contribution in [2.75, 3.05) is 25.1 Å². The lowest BCUT2D eigenvalue weighted by Gasteiger charge is -2.19. The second kappa shape index (κ2) is 9.45. The van der Waals surface area contributed by atoms with Gasteiger partial charge in [0, 0.05) is 13.1 Å². The van der Waals surface area contributed by atoms with E-state index in [1.165, 1.54) is 0 Å². The Bertz CT molecular complexity index is 664. The van der Waals surface area contributed by atoms with Gasteiger partial charge in [0.2, 0.25) is 0 Å². The Hall–Kier alpha value is -1.03. The Labute approximate surface area is 161 Å². The third-order valence-corrected chi connectivity index (χ3v) is 5.45. The maximum Gasteiger partial charge on any atom is 0.191 e. The molecule has 1 fully saturated rings. The van der Waals surface area contributed by atoms with E-state index >= 15 is 0 Å². The molecule has 1 saturated heterocycles. The number of aryl methyl sites for hydroxylation is 1. The Morgan fingerprint density at radius 3 is 2.79 bits per heavy atom. The van der Waals surface area contributed by atoms with Gasteiger partial charge in [0.1, 0.15) is 11.9 Å². The fraction of sp³-hybridized carbons (Fsp3) is 0.562. The van der Waals surface area contributed by atoms with E-state index in [0.29, 0.717) is 18.9 Å². The summed E-state index contributed by atoms with van der Waals surface area (Å²) in [5.74, 6) is 1.85. The number of guanidine groups is 1. The highest BCUT2D eigenvalue weighted by atomic mass is 127. The van der Waals surface area contributed by atoms with Crippen LogP contribution in [0, 0.1) is 6.92 Å². The standard InChI is InChI=1S/C16H25N3O3S.HI/c1-12-5-4-6-15(9-12)22-13(2)10-18-16(17-3)19-14-7-8-23(20,21)11-14;/h4-6,9,13-14H,7-8,10-11H2,1-3H3,(H2,17,18,19);1H. The summed E-state index contributed by atoms with van der Waals surface area (Å²) in [6.07, 6.45) is 0.584. The molecule has 136 valence electrons. The number of halogens is 1. The Kier molecular flexibility index (Phi) is 8.28. The van der Waals surface area contributed by atoms with Crippen molar-refractivity contribution in [1.82, 2.24) is 10.6 Å². The normalized spacial score (nSPS) is 20.8. The van der Waals surface area contributed by atoms with Gasteiger partial charge < -0.3 is 15.4 Å². The zero-order valence-electron chi connectivity index (χ0n) is 14.3. The maximum absolute atomic E-state index is 11.5. The van der Waals surface area contributed by atoms with Crippen molar-refractivity contribution in [2.24, 2.45) is 4.99 Å². The van der Waals surface area contributed by atoms with Crippen LogP contribution in [0.3, 0.4) is 0 Å². The van der Waals surface area contributed by atoms with Crippen molar-refractivity contribution >= 4 is 39.8 Å². The summed E-state index contributed by atoms with van der Waals surface area (Å²) in [6.45, 7) is 4.58. The van der Waals surface area contributed by atoms with Crippen LogP contribution < -0.4 is 15.4 Å². The second-order valence-corrected chi connectivity index (χ2v) is 8.17. The predicted octanol–water partition coefficient (Wildman–Crippen LogP) is 1.73. The van der Waals surface area contributed by atoms with E-state index in [1.54, 1.807) is 7.05 Å². The number of ether oxygens (including phenoxy) is 1. The van der Waals surface area contributed by atoms with E-state index < -0.39 is 9.84 Å². The summed E-state index contributed by atoms with van der Waals surface area (Å²) in [4.78, 5) is 4.14. The van der Waals surface area contributed by atoms with Crippen LogP contribution in [0.4, 0.5) is 0 Å². The molecule has 6 nitrogen and oxygen atoms in total. The second-order valence-electron chi connectivity index (χ2n) is 5.94. The first-order chi connectivity index (χ1) is 10.9. The largest absolute Gasteiger partial charge is 0.489 e. The summed E-state index contributed by atoms with van der Waals surface area (Å²) < 4.78 is 28.8. The molecule has 1 aliphatic heterocycles. The zero-order valence-corrected chi connectivity index (χ0v) is 17.4. The molecule has 2 N–H and O–H groups in total. The van der Waals surface area contributed by atoms with E-state index in [-0.39, 0.29) is 47.6 Å². The Morgan fingerprint density at radius 2 is 2.21 bits per heavy atom. The van der Waals surface area contributed by atoms with Gasteiger partial charge in [-0.05, 0) is 38.0 Å². The summed E-state index contributed by atoms with van der Waals surface area (Å²) >= 11 is 0. The number of benzene rings is 1. The number of aliphatic imine (C=N–C) groups is 1. The number of rotatable bonds is 5. The monoisotopic (exact) mass is 467 g/mol. The van der Waals surface area contributed by atoms with Crippen molar-refractivity contribution < 1.29 is 13.2 Å². The molecule has 2 unspecified atom stereocenters. The van der Waals surface area contributed by atoms with Gasteiger partial charge in [0.05, 0.1) is 18.1 Å². The summed E-state index contributed by atoms with van der Waals surface area (Å²) in [7, 11) is -1.22. The van der Waals surface area contributed by atoms with Crippen molar-refractivity contribution in [3.8, 4) is 5.75 Å². The van der Waals surface area contributed by atoms with E-state index in [9.17, 15) is 8.42 Å². The third-order valence-electron chi connectivity index (χ3n) is 3.68. The van der Waals surface area contributed by atoms with Gasteiger partial charge in [-0.3, -0.25) is 4.99 Å². The summed E-state index contributed by atoms with van der Waals surface area (Å²) in [6, 6.07) is 7.84. The Morgan fingerprint density at radius 1 is 1.46 bits per heavy atom. The zero-order chi connectivity index (χ0) is 16.9. The van der Waals surface area contributed by atoms with Crippen molar-refractivity contribution in [2.45, 2.75) is 32.4 Å². The minimum absolute atomic E-state index is 0. The lowest BCUT2D eigenvalue weighted by Crippen LogP contribution is -2.46. The van der Waals surface area contributed by atoms with Gasteiger partial charge in [0.15, 0.2) is 15.8 Å². The molecule has 1 aromatic carbocycles. The van der Waals surface area contributed by atoms with Crippen LogP contribution in [-0.4, -0.2) is 51.6 Å². The molecule has 1 aliphatic rings. The lowest BCUT2D eigenvalue weighted by molar-refractivity contribution is 0.223. The molecule has 8 heteroatoms. The molecule has 0 aromatic heterocycles. The van der Waals surface area contributed by atoms with Gasteiger partial charge in [-0.1, -0.05) is 12.1 Å². The fourth-order valence-corrected chi connectivity index (χ4v) is 4.17. The first kappa shape index (κ1) is 21.0. The minimum atomic E-state index is -2.90. The highest BCUT2D eigenvalue weighted by molar-refractivity contribution is 14.0. The van der Waals surface area contributed by atoms with Crippen LogP contribution >= 0.6 is 24.0 Å². The first-order valence-electron chi connectivity index (χ1n) is 7.79. The average Bonchev–Trinajstić information content (AvgIpc) is 2.82. The molecule has 0 radical (unpaired) electrons. The molecule has 2 atom stereocenters. The van der Waals surface area contributed by atoms with Crippen LogP contribution in [0.25, 0.3) is 0 Å². The molecule has 0 bridgehead atoms. The molecule has 2 rings (SSSR count). The molecule has 0 saturated carbocycles. The van der Waals surface area contributed by atoms with E-state index in [2.05, 4.69) is 15.6 Å². The quantitative estimate of drug-likeness (QED) is 0.392. The molecule has 0 spiro atoms. The lowest BCUT2D eigenvalue weighted by atomic mass is 10.2. The number of hydrogen-bond donors (Lipinski definition) is 2. The number of nitrogens with one attached hydrogen (secondary N) is 2. The van der Waals surface area contributed by atoms with Crippen LogP contribution in [0.2, 0.25) is 0 Å². The van der Waals surface area contributed by atoms with Crippen LogP contribution in [-0.2, 0) is 9.84 Å². The number of nitrogens with zero attached hydrogens (tertiary/aromatic N) is 1. The SMILES string of the molecule is CN=C(NCC(C)Oc1cccc(C)c1)NC1CCS(=O)(=O)C1.I. The highest BCUT2D eigenvalue weighted by Gasteiger charge is 2.28. The Balaban J connectivity index is 0.00000288. The molecule has 1 heterocycles. The van der Waals surface area contributed by atoms with Crippen LogP contribution in [0.5, 0.6) is 5.75 Å². The van der Waals surface area contributed by atoms with Gasteiger partial charge in [-0.15, -0.1) is 24.0 Å². The fourth-order valence-electron chi connectivity index (χ4n) is 2.50. The van der Waals surface area contributed by atoms with Crippen molar-refractivity contribution in [3.63, 3.8) is 0 Å². The van der Waals surface area contributed by atoms with Gasteiger partial charge >= 0.3 is 0 Å². The van der Waals surface area contributed by atoms with Gasteiger partial charge in [-0.25, -0.2) is 8.42 Å². The molecule has 0 amide bonds. The molecule has 24 heavy (non-hydrogen) atoms. The van der Waals surface area contributed by atoms with Crippen LogP contribution in [0.15, 0.2) is 29.3 Å². The molecular weight excluding hydrogens is 441 g/mol. The molecule has 0 aliphatic carbocycles. The first-order valence-corrected chi connectivity index (χ1v) is 9.61. The summed E-state index contributed by atoms with van der Waals surface area (Å²) in [5, 5.41) is 6.33. The van der Waals surface area contributed by atoms with E-state index in [4.69, 9.17) is 4.74 Å². The highest BCUT2D eigenvalue weighted by Crippen LogP contribution is 2.14. The topological polar surface area (TPSA) is 79.8 Å². The average molecular weight is 467 g/mol. The maximum atomic E-state index is 11.5. The van der Waals surface area contributed by atoms with Crippen LogP contribution in [0.1, 0.15) is 18.9 Å². The van der Waals surface area contributed by atoms with Gasteiger partial charge in [0.25, 0.3) is 0 Å². The number of sulfone groups is 1. The van der Waals surface area contributed by atoms with Crippen molar-refractivity contribution in [1.29, 1.82) is 0 Å². The van der Waals surface area contributed by atoms with E-state index in [1.807, 2.05) is 38.1 Å². The van der Waals surface area contributed by atoms with Crippen molar-refractivity contribution in [3.05, 3.63) is 29.8 Å². The predicted molar refractivity (Wildman–Crippen MR) is 108 cm³/mol. The smallest absolute Gasteiger partial charge is 0.191 e. The minimum Gasteiger partial charge on any atom is -0.489 e.